The van der Waals surface area contributed by atoms with Crippen LogP contribution in [0.2, 0.25) is 0 Å². The Balaban J connectivity index is 1.29. The number of carbonyl (C=O) groups is 4. The lowest BCUT2D eigenvalue weighted by Gasteiger charge is -2.39. The zero-order valence-electron chi connectivity index (χ0n) is 28.5. The fraction of sp³-hybridized carbons (Fsp3) is 0.400. The molecule has 2 aromatic heterocycles. The average Bonchev–Trinajstić information content (AvgIpc) is 3.67. The van der Waals surface area contributed by atoms with Gasteiger partial charge in [-0.25, -0.2) is 19.7 Å². The van der Waals surface area contributed by atoms with Crippen molar-refractivity contribution >= 4 is 56.4 Å². The van der Waals surface area contributed by atoms with Gasteiger partial charge in [0.1, 0.15) is 6.61 Å². The number of amides is 4. The SMILES string of the molecule is CCNC(=O)N(CNC)c1nc2cc(-c3cnc(N4CCC(CC)(C(=O)OCC)CC4)nc3)cc(CON3C(=O)c4ccccc4C3=O)c2s1. The number of hydrogen-bond donors (Lipinski definition) is 2. The Labute approximate surface area is 293 Å². The van der Waals surface area contributed by atoms with Crippen LogP contribution >= 0.6 is 11.3 Å². The second kappa shape index (κ2) is 14.9. The van der Waals surface area contributed by atoms with Gasteiger partial charge in [0.05, 0.1) is 40.0 Å². The second-order valence-corrected chi connectivity index (χ2v) is 13.1. The van der Waals surface area contributed by atoms with Crippen LogP contribution in [0.4, 0.5) is 15.9 Å². The Kier molecular flexibility index (Phi) is 10.4. The molecule has 14 nitrogen and oxygen atoms in total. The molecule has 4 heterocycles. The molecule has 1 saturated heterocycles. The van der Waals surface area contributed by atoms with E-state index in [0.717, 1.165) is 27.3 Å². The third-order valence-corrected chi connectivity index (χ3v) is 10.3. The molecule has 50 heavy (non-hydrogen) atoms. The highest BCUT2D eigenvalue weighted by molar-refractivity contribution is 7.22. The van der Waals surface area contributed by atoms with Crippen LogP contribution in [-0.2, 0) is 21.0 Å². The van der Waals surface area contributed by atoms with Gasteiger partial charge in [-0.1, -0.05) is 30.4 Å². The number of fused-ring (bicyclic) bond motifs is 2. The van der Waals surface area contributed by atoms with Crippen molar-refractivity contribution in [2.45, 2.75) is 46.6 Å². The fourth-order valence-corrected chi connectivity index (χ4v) is 7.33. The standard InChI is InChI=1S/C35H40N8O6S/c1-5-35(31(46)48-7-3)12-14-41(15-13-35)32-38-18-24(19-39-32)22-16-23(20-49-43-29(44)25-10-8-9-11-26(25)30(43)45)28-27(17-22)40-34(50-28)42(21-36-4)33(47)37-6-2/h8-11,16-19,36H,5-7,12-15,20-21H2,1-4H3,(H,37,47). The summed E-state index contributed by atoms with van der Waals surface area (Å²) in [5.74, 6) is -0.626. The summed E-state index contributed by atoms with van der Waals surface area (Å²) >= 11 is 1.30. The predicted octanol–water partition coefficient (Wildman–Crippen LogP) is 4.75. The normalized spacial score (nSPS) is 15.4. The van der Waals surface area contributed by atoms with Gasteiger partial charge < -0.3 is 20.3 Å². The van der Waals surface area contributed by atoms with Gasteiger partial charge in [-0.3, -0.25) is 24.1 Å². The summed E-state index contributed by atoms with van der Waals surface area (Å²) in [4.78, 5) is 75.4. The van der Waals surface area contributed by atoms with E-state index in [-0.39, 0.29) is 36.4 Å². The summed E-state index contributed by atoms with van der Waals surface area (Å²) in [5.41, 5.74) is 2.80. The average molecular weight is 701 g/mol. The molecular weight excluding hydrogens is 661 g/mol. The number of ether oxygens (including phenoxy) is 1. The first-order chi connectivity index (χ1) is 24.2. The number of rotatable bonds is 12. The van der Waals surface area contributed by atoms with Gasteiger partial charge in [0.25, 0.3) is 11.8 Å². The van der Waals surface area contributed by atoms with Crippen molar-refractivity contribution in [2.24, 2.45) is 5.41 Å². The summed E-state index contributed by atoms with van der Waals surface area (Å²) in [5, 5.41) is 7.09. The monoisotopic (exact) mass is 700 g/mol. The molecule has 1 fully saturated rings. The number of imide groups is 1. The van der Waals surface area contributed by atoms with Gasteiger partial charge in [-0.05, 0) is 70.0 Å². The van der Waals surface area contributed by atoms with E-state index in [1.54, 1.807) is 43.7 Å². The van der Waals surface area contributed by atoms with Crippen LogP contribution in [0.1, 0.15) is 66.3 Å². The van der Waals surface area contributed by atoms with Gasteiger partial charge >= 0.3 is 12.0 Å². The summed E-state index contributed by atoms with van der Waals surface area (Å²) in [6.45, 7) is 7.88. The molecule has 4 aromatic rings. The Morgan fingerprint density at radius 1 is 1.00 bits per heavy atom. The molecule has 0 aliphatic carbocycles. The molecule has 0 radical (unpaired) electrons. The number of esters is 1. The number of nitrogens with one attached hydrogen (secondary N) is 2. The van der Waals surface area contributed by atoms with Gasteiger partial charge in [-0.2, -0.15) is 0 Å². The molecule has 0 spiro atoms. The van der Waals surface area contributed by atoms with Crippen molar-refractivity contribution in [3.05, 3.63) is 65.5 Å². The lowest BCUT2D eigenvalue weighted by molar-refractivity contribution is -0.157. The minimum atomic E-state index is -0.528. The minimum absolute atomic E-state index is 0.114. The molecule has 0 unspecified atom stereocenters. The highest BCUT2D eigenvalue weighted by Gasteiger charge is 2.41. The van der Waals surface area contributed by atoms with Crippen molar-refractivity contribution in [3.63, 3.8) is 0 Å². The smallest absolute Gasteiger partial charge is 0.324 e. The van der Waals surface area contributed by atoms with Crippen LogP contribution in [-0.4, -0.2) is 83.8 Å². The van der Waals surface area contributed by atoms with Crippen molar-refractivity contribution in [1.29, 1.82) is 0 Å². The lowest BCUT2D eigenvalue weighted by Crippen LogP contribution is -2.45. The molecule has 4 amide bonds. The summed E-state index contributed by atoms with van der Waals surface area (Å²) in [6, 6.07) is 10.1. The van der Waals surface area contributed by atoms with Crippen LogP contribution in [0.25, 0.3) is 21.3 Å². The lowest BCUT2D eigenvalue weighted by atomic mass is 9.76. The Hall–Kier alpha value is -4.99. The maximum atomic E-state index is 13.0. The highest BCUT2D eigenvalue weighted by atomic mass is 32.1. The van der Waals surface area contributed by atoms with E-state index in [4.69, 9.17) is 14.6 Å². The van der Waals surface area contributed by atoms with Crippen LogP contribution in [0.15, 0.2) is 48.8 Å². The number of carbonyl (C=O) groups excluding carboxylic acids is 4. The van der Waals surface area contributed by atoms with Crippen LogP contribution < -0.4 is 20.4 Å². The van der Waals surface area contributed by atoms with E-state index in [9.17, 15) is 19.2 Å². The summed E-state index contributed by atoms with van der Waals surface area (Å²) < 4.78 is 6.11. The molecule has 0 bridgehead atoms. The molecule has 0 saturated carbocycles. The molecule has 6 rings (SSSR count). The van der Waals surface area contributed by atoms with E-state index in [1.807, 2.05) is 32.9 Å². The zero-order chi connectivity index (χ0) is 35.4. The molecule has 2 aliphatic rings. The van der Waals surface area contributed by atoms with Crippen LogP contribution in [0.5, 0.6) is 0 Å². The molecule has 2 N–H and O–H groups in total. The molecule has 2 aromatic carbocycles. The number of aromatic nitrogens is 3. The number of benzene rings is 2. The van der Waals surface area contributed by atoms with Crippen LogP contribution in [0, 0.1) is 5.41 Å². The van der Waals surface area contributed by atoms with Crippen molar-refractivity contribution in [2.75, 3.05) is 49.8 Å². The number of nitrogens with zero attached hydrogens (tertiary/aromatic N) is 6. The third kappa shape index (κ3) is 6.63. The van der Waals surface area contributed by atoms with E-state index in [1.165, 1.54) is 16.2 Å². The molecule has 15 heteroatoms. The maximum absolute atomic E-state index is 13.0. The summed E-state index contributed by atoms with van der Waals surface area (Å²) in [7, 11) is 1.74. The second-order valence-electron chi connectivity index (χ2n) is 12.1. The minimum Gasteiger partial charge on any atom is -0.466 e. The van der Waals surface area contributed by atoms with Gasteiger partial charge in [0, 0.05) is 43.2 Å². The predicted molar refractivity (Wildman–Crippen MR) is 189 cm³/mol. The molecule has 0 atom stereocenters. The largest absolute Gasteiger partial charge is 0.466 e. The van der Waals surface area contributed by atoms with Crippen molar-refractivity contribution < 1.29 is 28.8 Å². The highest BCUT2D eigenvalue weighted by Crippen LogP contribution is 2.38. The van der Waals surface area contributed by atoms with Gasteiger partial charge in [0.2, 0.25) is 5.95 Å². The number of urea groups is 1. The van der Waals surface area contributed by atoms with E-state index in [2.05, 4.69) is 25.5 Å². The third-order valence-electron chi connectivity index (χ3n) is 9.14. The Morgan fingerprint density at radius 3 is 2.28 bits per heavy atom. The molecule has 2 aliphatic heterocycles. The number of piperidine rings is 1. The topological polar surface area (TPSA) is 159 Å². The first-order valence-corrected chi connectivity index (χ1v) is 17.5. The van der Waals surface area contributed by atoms with E-state index in [0.29, 0.717) is 61.2 Å². The maximum Gasteiger partial charge on any atom is 0.324 e. The van der Waals surface area contributed by atoms with Crippen molar-refractivity contribution in [1.82, 2.24) is 30.6 Å². The number of anilines is 2. The van der Waals surface area contributed by atoms with Crippen molar-refractivity contribution in [3.8, 4) is 11.1 Å². The number of hydroxylamine groups is 2. The number of hydrogen-bond acceptors (Lipinski definition) is 12. The fourth-order valence-electron chi connectivity index (χ4n) is 6.28. The first-order valence-electron chi connectivity index (χ1n) is 16.7. The first kappa shape index (κ1) is 34.9. The van der Waals surface area contributed by atoms with Crippen LogP contribution in [0.3, 0.4) is 0 Å². The van der Waals surface area contributed by atoms with Gasteiger partial charge in [0.15, 0.2) is 5.13 Å². The molecular formula is C35H40N8O6S. The molecule has 262 valence electrons. The summed E-state index contributed by atoms with van der Waals surface area (Å²) in [6.07, 6.45) is 5.51. The van der Waals surface area contributed by atoms with E-state index >= 15 is 0 Å². The quantitative estimate of drug-likeness (QED) is 0.119. The number of thiazole rings is 1. The van der Waals surface area contributed by atoms with E-state index < -0.39 is 17.2 Å². The zero-order valence-corrected chi connectivity index (χ0v) is 29.3. The van der Waals surface area contributed by atoms with Gasteiger partial charge in [-0.15, -0.1) is 5.06 Å². The Morgan fingerprint density at radius 2 is 1.68 bits per heavy atom. The Bertz CT molecular complexity index is 1870.